The second-order valence-electron chi connectivity index (χ2n) is 5.06. The van der Waals surface area contributed by atoms with E-state index in [4.69, 9.17) is 9.47 Å². The van der Waals surface area contributed by atoms with Crippen molar-refractivity contribution in [2.45, 2.75) is 6.54 Å². The molecule has 1 saturated heterocycles. The molecule has 116 valence electrons. The van der Waals surface area contributed by atoms with E-state index in [1.807, 2.05) is 30.3 Å². The Labute approximate surface area is 130 Å². The number of nitrogens with one attached hydrogen (secondary N) is 1. The van der Waals surface area contributed by atoms with Crippen molar-refractivity contribution < 1.29 is 9.47 Å². The van der Waals surface area contributed by atoms with Crippen LogP contribution in [-0.4, -0.2) is 43.4 Å². The Kier molecular flexibility index (Phi) is 4.70. The molecular weight excluding hydrogens is 280 g/mol. The van der Waals surface area contributed by atoms with Crippen molar-refractivity contribution in [3.8, 4) is 5.75 Å². The molecule has 1 aromatic carbocycles. The van der Waals surface area contributed by atoms with Crippen LogP contribution in [0.4, 0.5) is 11.6 Å². The Morgan fingerprint density at radius 3 is 2.68 bits per heavy atom. The molecule has 1 N–H and O–H groups in total. The third-order valence-corrected chi connectivity index (χ3v) is 3.62. The van der Waals surface area contributed by atoms with Crippen LogP contribution in [0.3, 0.4) is 0 Å². The highest BCUT2D eigenvalue weighted by Crippen LogP contribution is 2.17. The van der Waals surface area contributed by atoms with Crippen LogP contribution in [-0.2, 0) is 11.3 Å². The highest BCUT2D eigenvalue weighted by atomic mass is 16.5. The molecule has 0 aliphatic carbocycles. The smallest absolute Gasteiger partial charge is 0.134 e. The van der Waals surface area contributed by atoms with Crippen molar-refractivity contribution in [3.63, 3.8) is 0 Å². The Morgan fingerprint density at radius 1 is 1.18 bits per heavy atom. The lowest BCUT2D eigenvalue weighted by atomic mass is 10.2. The molecule has 1 aliphatic rings. The van der Waals surface area contributed by atoms with Gasteiger partial charge in [-0.3, -0.25) is 0 Å². The van der Waals surface area contributed by atoms with Crippen LogP contribution in [0.25, 0.3) is 0 Å². The number of nitrogens with zero attached hydrogens (tertiary/aromatic N) is 3. The van der Waals surface area contributed by atoms with Gasteiger partial charge >= 0.3 is 0 Å². The molecule has 6 nitrogen and oxygen atoms in total. The molecule has 0 saturated carbocycles. The van der Waals surface area contributed by atoms with Crippen molar-refractivity contribution >= 4 is 11.6 Å². The van der Waals surface area contributed by atoms with Crippen LogP contribution < -0.4 is 15.0 Å². The summed E-state index contributed by atoms with van der Waals surface area (Å²) in [4.78, 5) is 10.8. The Bertz CT molecular complexity index is 597. The molecular formula is C16H20N4O2. The third kappa shape index (κ3) is 3.65. The molecule has 2 heterocycles. The van der Waals surface area contributed by atoms with Gasteiger partial charge in [0, 0.05) is 25.7 Å². The van der Waals surface area contributed by atoms with Crippen LogP contribution >= 0.6 is 0 Å². The number of ether oxygens (including phenoxy) is 2. The van der Waals surface area contributed by atoms with Crippen LogP contribution in [0.15, 0.2) is 36.7 Å². The fraction of sp³-hybridized carbons (Fsp3) is 0.375. The number of hydrogen-bond donors (Lipinski definition) is 1. The highest BCUT2D eigenvalue weighted by molar-refractivity contribution is 5.49. The Morgan fingerprint density at radius 2 is 1.95 bits per heavy atom. The number of aromatic nitrogens is 2. The summed E-state index contributed by atoms with van der Waals surface area (Å²) in [7, 11) is 1.67. The molecule has 2 aromatic rings. The molecule has 0 amide bonds. The average molecular weight is 300 g/mol. The first-order valence-electron chi connectivity index (χ1n) is 7.37. The summed E-state index contributed by atoms with van der Waals surface area (Å²) < 4.78 is 10.5. The van der Waals surface area contributed by atoms with Gasteiger partial charge in [0.2, 0.25) is 0 Å². The Hall–Kier alpha value is -2.34. The molecule has 6 heteroatoms. The minimum absolute atomic E-state index is 0.712. The van der Waals surface area contributed by atoms with Gasteiger partial charge in [0.15, 0.2) is 0 Å². The van der Waals surface area contributed by atoms with Gasteiger partial charge in [-0.2, -0.15) is 0 Å². The number of hydrogen-bond acceptors (Lipinski definition) is 6. The van der Waals surface area contributed by atoms with Gasteiger partial charge in [-0.15, -0.1) is 0 Å². The van der Waals surface area contributed by atoms with E-state index >= 15 is 0 Å². The average Bonchev–Trinajstić information content (AvgIpc) is 2.61. The molecule has 1 fully saturated rings. The minimum atomic E-state index is 0.712. The van der Waals surface area contributed by atoms with Gasteiger partial charge in [0.25, 0.3) is 0 Å². The van der Waals surface area contributed by atoms with Gasteiger partial charge in [0.05, 0.1) is 20.3 Å². The Balaban J connectivity index is 1.62. The SMILES string of the molecule is COc1ccc(CNc2cc(N3CCOCC3)ncn2)cc1. The van der Waals surface area contributed by atoms with Crippen LogP contribution in [0.5, 0.6) is 5.75 Å². The number of morpholine rings is 1. The van der Waals surface area contributed by atoms with E-state index in [-0.39, 0.29) is 0 Å². The van der Waals surface area contributed by atoms with Crippen molar-refractivity contribution in [1.82, 2.24) is 9.97 Å². The number of anilines is 2. The lowest BCUT2D eigenvalue weighted by Gasteiger charge is -2.27. The van der Waals surface area contributed by atoms with Gasteiger partial charge < -0.3 is 19.7 Å². The van der Waals surface area contributed by atoms with E-state index in [2.05, 4.69) is 20.2 Å². The normalized spacial score (nSPS) is 14.7. The lowest BCUT2D eigenvalue weighted by molar-refractivity contribution is 0.122. The molecule has 22 heavy (non-hydrogen) atoms. The molecule has 1 aliphatic heterocycles. The highest BCUT2D eigenvalue weighted by Gasteiger charge is 2.12. The molecule has 0 unspecified atom stereocenters. The fourth-order valence-corrected chi connectivity index (χ4v) is 2.35. The maximum absolute atomic E-state index is 5.36. The molecule has 3 rings (SSSR count). The van der Waals surface area contributed by atoms with Crippen molar-refractivity contribution in [1.29, 1.82) is 0 Å². The molecule has 0 radical (unpaired) electrons. The third-order valence-electron chi connectivity index (χ3n) is 3.62. The van der Waals surface area contributed by atoms with E-state index in [0.29, 0.717) is 6.54 Å². The number of methoxy groups -OCH3 is 1. The second-order valence-corrected chi connectivity index (χ2v) is 5.06. The summed E-state index contributed by atoms with van der Waals surface area (Å²) >= 11 is 0. The zero-order valence-electron chi connectivity index (χ0n) is 12.7. The summed E-state index contributed by atoms with van der Waals surface area (Å²) in [5.41, 5.74) is 1.17. The summed E-state index contributed by atoms with van der Waals surface area (Å²) in [5.74, 6) is 2.63. The molecule has 0 atom stereocenters. The van der Waals surface area contributed by atoms with E-state index < -0.39 is 0 Å². The quantitative estimate of drug-likeness (QED) is 0.910. The zero-order valence-corrected chi connectivity index (χ0v) is 12.7. The first kappa shape index (κ1) is 14.6. The predicted molar refractivity (Wildman–Crippen MR) is 85.4 cm³/mol. The van der Waals surface area contributed by atoms with Gasteiger partial charge in [0.1, 0.15) is 23.7 Å². The maximum atomic E-state index is 5.36. The van der Waals surface area contributed by atoms with E-state index in [1.165, 1.54) is 5.56 Å². The largest absolute Gasteiger partial charge is 0.497 e. The van der Waals surface area contributed by atoms with E-state index in [1.54, 1.807) is 13.4 Å². The van der Waals surface area contributed by atoms with Gasteiger partial charge in [-0.05, 0) is 17.7 Å². The van der Waals surface area contributed by atoms with Crippen molar-refractivity contribution in [3.05, 3.63) is 42.2 Å². The standard InChI is InChI=1S/C16H20N4O2/c1-21-14-4-2-13(3-5-14)11-17-15-10-16(19-12-18-15)20-6-8-22-9-7-20/h2-5,10,12H,6-9,11H2,1H3,(H,17,18,19). The van der Waals surface area contributed by atoms with E-state index in [9.17, 15) is 0 Å². The van der Waals surface area contributed by atoms with Crippen molar-refractivity contribution in [2.75, 3.05) is 43.6 Å². The minimum Gasteiger partial charge on any atom is -0.497 e. The molecule has 1 aromatic heterocycles. The number of benzene rings is 1. The van der Waals surface area contributed by atoms with E-state index in [0.717, 1.165) is 43.7 Å². The fourth-order valence-electron chi connectivity index (χ4n) is 2.35. The van der Waals surface area contributed by atoms with Crippen molar-refractivity contribution in [2.24, 2.45) is 0 Å². The topological polar surface area (TPSA) is 59.5 Å². The maximum Gasteiger partial charge on any atom is 0.134 e. The molecule has 0 spiro atoms. The first-order chi connectivity index (χ1) is 10.8. The lowest BCUT2D eigenvalue weighted by Crippen LogP contribution is -2.36. The summed E-state index contributed by atoms with van der Waals surface area (Å²) in [5, 5.41) is 3.33. The summed E-state index contributed by atoms with van der Waals surface area (Å²) in [6.07, 6.45) is 1.60. The number of rotatable bonds is 5. The van der Waals surface area contributed by atoms with Crippen LogP contribution in [0.1, 0.15) is 5.56 Å². The monoisotopic (exact) mass is 300 g/mol. The first-order valence-corrected chi connectivity index (χ1v) is 7.37. The molecule has 0 bridgehead atoms. The van der Waals surface area contributed by atoms with Gasteiger partial charge in [-0.1, -0.05) is 12.1 Å². The second kappa shape index (κ2) is 7.09. The van der Waals surface area contributed by atoms with Crippen LogP contribution in [0.2, 0.25) is 0 Å². The summed E-state index contributed by atoms with van der Waals surface area (Å²) in [6, 6.07) is 9.97. The van der Waals surface area contributed by atoms with Gasteiger partial charge in [-0.25, -0.2) is 9.97 Å². The predicted octanol–water partition coefficient (Wildman–Crippen LogP) is 1.93. The summed E-state index contributed by atoms with van der Waals surface area (Å²) in [6.45, 7) is 3.95. The zero-order chi connectivity index (χ0) is 15.2. The van der Waals surface area contributed by atoms with Crippen LogP contribution in [0, 0.1) is 0 Å².